The summed E-state index contributed by atoms with van der Waals surface area (Å²) in [6.07, 6.45) is 2.89. The molecular weight excluding hydrogens is 504 g/mol. The minimum atomic E-state index is -4.10. The number of nitrogens with one attached hydrogen (secondary N) is 1. The Balaban J connectivity index is 1.38. The third kappa shape index (κ3) is 4.68. The summed E-state index contributed by atoms with van der Waals surface area (Å²) in [5, 5.41) is 0.650. The number of rotatable bonds is 7. The number of nitrogens with two attached hydrogens (primary N) is 1. The molecule has 2 aromatic carbocycles. The van der Waals surface area contributed by atoms with E-state index in [0.29, 0.717) is 21.7 Å². The molecule has 1 atom stereocenters. The summed E-state index contributed by atoms with van der Waals surface area (Å²) in [6.45, 7) is 0.480. The fourth-order valence-electron chi connectivity index (χ4n) is 4.27. The number of aromatic amines is 1. The highest BCUT2D eigenvalue weighted by molar-refractivity contribution is 7.89. The van der Waals surface area contributed by atoms with Crippen molar-refractivity contribution in [2.45, 2.75) is 11.0 Å². The number of ether oxygens (including phenoxy) is 2. The van der Waals surface area contributed by atoms with Crippen LogP contribution in [-0.2, 0) is 14.8 Å². The van der Waals surface area contributed by atoms with E-state index in [-0.39, 0.29) is 36.9 Å². The minimum absolute atomic E-state index is 0.0468. The largest absolute Gasteiger partial charge is 0.490 e. The summed E-state index contributed by atoms with van der Waals surface area (Å²) in [4.78, 5) is 18.8. The van der Waals surface area contributed by atoms with E-state index < -0.39 is 22.0 Å². The SMILES string of the molecule is NC(=O)c1[nH]c2ccc(Cl)cc2c1S(=O)(=O)N1CCOC(COc2ccccc2-c2ccncc2)C1. The maximum absolute atomic E-state index is 13.7. The smallest absolute Gasteiger partial charge is 0.266 e. The van der Waals surface area contributed by atoms with Gasteiger partial charge in [0, 0.05) is 47.0 Å². The summed E-state index contributed by atoms with van der Waals surface area (Å²) < 4.78 is 40.6. The predicted molar refractivity (Wildman–Crippen MR) is 135 cm³/mol. The quantitative estimate of drug-likeness (QED) is 0.379. The number of benzene rings is 2. The molecule has 0 bridgehead atoms. The van der Waals surface area contributed by atoms with Gasteiger partial charge in [-0.05, 0) is 42.0 Å². The first-order valence-corrected chi connectivity index (χ1v) is 13.0. The molecule has 1 aliphatic heterocycles. The Labute approximate surface area is 212 Å². The van der Waals surface area contributed by atoms with Crippen molar-refractivity contribution in [3.05, 3.63) is 77.7 Å². The molecule has 5 rings (SSSR count). The highest BCUT2D eigenvalue weighted by Gasteiger charge is 2.36. The van der Waals surface area contributed by atoms with Crippen LogP contribution in [0.2, 0.25) is 5.02 Å². The molecule has 1 unspecified atom stereocenters. The number of aromatic nitrogens is 2. The van der Waals surface area contributed by atoms with E-state index in [2.05, 4.69) is 9.97 Å². The molecule has 2 aromatic heterocycles. The molecular formula is C25H23ClN4O5S. The standard InChI is InChI=1S/C25H23ClN4O5S/c26-17-5-6-21-20(13-17)24(23(29-21)25(27)31)36(32,33)30-11-12-34-18(14-30)15-35-22-4-2-1-3-19(22)16-7-9-28-10-8-16/h1-10,13,18,29H,11-12,14-15H2,(H2,27,31). The molecule has 36 heavy (non-hydrogen) atoms. The minimum Gasteiger partial charge on any atom is -0.490 e. The van der Waals surface area contributed by atoms with Gasteiger partial charge < -0.3 is 20.2 Å². The van der Waals surface area contributed by atoms with E-state index in [0.717, 1.165) is 11.1 Å². The number of nitrogens with zero attached hydrogens (tertiary/aromatic N) is 2. The first-order chi connectivity index (χ1) is 17.3. The summed E-state index contributed by atoms with van der Waals surface area (Å²) in [7, 11) is -4.10. The number of sulfonamides is 1. The average Bonchev–Trinajstić information content (AvgIpc) is 3.28. The zero-order valence-corrected chi connectivity index (χ0v) is 20.6. The van der Waals surface area contributed by atoms with Gasteiger partial charge in [0.15, 0.2) is 0 Å². The van der Waals surface area contributed by atoms with Crippen LogP contribution < -0.4 is 10.5 Å². The first kappa shape index (κ1) is 24.3. The first-order valence-electron chi connectivity index (χ1n) is 11.2. The van der Waals surface area contributed by atoms with Gasteiger partial charge in [0.1, 0.15) is 29.0 Å². The Bertz CT molecular complexity index is 1520. The van der Waals surface area contributed by atoms with E-state index in [4.69, 9.17) is 26.8 Å². The lowest BCUT2D eigenvalue weighted by molar-refractivity contribution is -0.0248. The molecule has 3 N–H and O–H groups in total. The Morgan fingerprint density at radius 2 is 1.97 bits per heavy atom. The van der Waals surface area contributed by atoms with E-state index >= 15 is 0 Å². The second kappa shape index (κ2) is 9.90. The number of hydrogen-bond donors (Lipinski definition) is 2. The van der Waals surface area contributed by atoms with Gasteiger partial charge >= 0.3 is 0 Å². The number of halogens is 1. The number of amides is 1. The molecule has 1 fully saturated rings. The van der Waals surface area contributed by atoms with Crippen LogP contribution in [0.15, 0.2) is 71.9 Å². The van der Waals surface area contributed by atoms with Crippen molar-refractivity contribution in [3.63, 3.8) is 0 Å². The number of pyridine rings is 1. The van der Waals surface area contributed by atoms with Gasteiger partial charge in [0.05, 0.1) is 6.61 Å². The number of para-hydroxylation sites is 1. The van der Waals surface area contributed by atoms with Crippen molar-refractivity contribution < 1.29 is 22.7 Å². The Kier molecular flexibility index (Phi) is 6.67. The zero-order chi connectivity index (χ0) is 25.3. The number of morpholine rings is 1. The van der Waals surface area contributed by atoms with Crippen molar-refractivity contribution in [1.82, 2.24) is 14.3 Å². The predicted octanol–water partition coefficient (Wildman–Crippen LogP) is 3.45. The molecule has 1 saturated heterocycles. The lowest BCUT2D eigenvalue weighted by Gasteiger charge is -2.32. The van der Waals surface area contributed by atoms with Crippen LogP contribution in [0.3, 0.4) is 0 Å². The third-order valence-corrected chi connectivity index (χ3v) is 8.15. The number of hydrogen-bond acceptors (Lipinski definition) is 6. The molecule has 0 radical (unpaired) electrons. The van der Waals surface area contributed by atoms with Crippen molar-refractivity contribution in [3.8, 4) is 16.9 Å². The van der Waals surface area contributed by atoms with Gasteiger partial charge in [0.25, 0.3) is 5.91 Å². The lowest BCUT2D eigenvalue weighted by atomic mass is 10.1. The number of carbonyl (C=O) groups is 1. The van der Waals surface area contributed by atoms with Gasteiger partial charge in [-0.15, -0.1) is 0 Å². The normalized spacial score (nSPS) is 16.8. The number of fused-ring (bicyclic) bond motifs is 1. The van der Waals surface area contributed by atoms with E-state index in [1.165, 1.54) is 10.4 Å². The lowest BCUT2D eigenvalue weighted by Crippen LogP contribution is -2.47. The highest BCUT2D eigenvalue weighted by atomic mass is 35.5. The van der Waals surface area contributed by atoms with Crippen LogP contribution in [0, 0.1) is 0 Å². The molecule has 1 aliphatic rings. The van der Waals surface area contributed by atoms with Crippen molar-refractivity contribution >= 4 is 38.4 Å². The molecule has 1 amide bonds. The molecule has 11 heteroatoms. The molecule has 3 heterocycles. The second-order valence-electron chi connectivity index (χ2n) is 8.28. The molecule has 186 valence electrons. The summed E-state index contributed by atoms with van der Waals surface area (Å²) in [5.41, 5.74) is 7.62. The highest BCUT2D eigenvalue weighted by Crippen LogP contribution is 2.33. The fourth-order valence-corrected chi connectivity index (χ4v) is 6.23. The van der Waals surface area contributed by atoms with E-state index in [1.54, 1.807) is 24.5 Å². The summed E-state index contributed by atoms with van der Waals surface area (Å²) in [6, 6.07) is 16.1. The maximum Gasteiger partial charge on any atom is 0.266 e. The number of primary amides is 1. The van der Waals surface area contributed by atoms with Crippen molar-refractivity contribution in [2.24, 2.45) is 5.73 Å². The summed E-state index contributed by atoms with van der Waals surface area (Å²) in [5.74, 6) is -0.226. The zero-order valence-electron chi connectivity index (χ0n) is 19.1. The molecule has 0 saturated carbocycles. The Morgan fingerprint density at radius 1 is 1.19 bits per heavy atom. The summed E-state index contributed by atoms with van der Waals surface area (Å²) >= 11 is 6.12. The monoisotopic (exact) mass is 526 g/mol. The van der Waals surface area contributed by atoms with Gasteiger partial charge in [-0.1, -0.05) is 29.8 Å². The third-order valence-electron chi connectivity index (χ3n) is 5.96. The van der Waals surface area contributed by atoms with Crippen LogP contribution in [0.25, 0.3) is 22.0 Å². The van der Waals surface area contributed by atoms with Crippen LogP contribution in [-0.4, -0.2) is 61.0 Å². The topological polar surface area (TPSA) is 128 Å². The van der Waals surface area contributed by atoms with Gasteiger partial charge in [-0.2, -0.15) is 4.31 Å². The average molecular weight is 527 g/mol. The van der Waals surface area contributed by atoms with Crippen molar-refractivity contribution in [2.75, 3.05) is 26.3 Å². The van der Waals surface area contributed by atoms with Crippen LogP contribution in [0.5, 0.6) is 5.75 Å². The van der Waals surface area contributed by atoms with Gasteiger partial charge in [-0.25, -0.2) is 8.42 Å². The van der Waals surface area contributed by atoms with Crippen LogP contribution in [0.1, 0.15) is 10.5 Å². The van der Waals surface area contributed by atoms with Gasteiger partial charge in [0.2, 0.25) is 10.0 Å². The van der Waals surface area contributed by atoms with Crippen LogP contribution in [0.4, 0.5) is 0 Å². The Morgan fingerprint density at radius 3 is 2.75 bits per heavy atom. The maximum atomic E-state index is 13.7. The van der Waals surface area contributed by atoms with E-state index in [1.807, 2.05) is 36.4 Å². The molecule has 0 aliphatic carbocycles. The number of carbonyl (C=O) groups excluding carboxylic acids is 1. The van der Waals surface area contributed by atoms with Gasteiger partial charge in [-0.3, -0.25) is 9.78 Å². The second-order valence-corrected chi connectivity index (χ2v) is 10.6. The van der Waals surface area contributed by atoms with E-state index in [9.17, 15) is 13.2 Å². The molecule has 9 nitrogen and oxygen atoms in total. The molecule has 0 spiro atoms. The van der Waals surface area contributed by atoms with Crippen molar-refractivity contribution in [1.29, 1.82) is 0 Å². The molecule has 4 aromatic rings. The fraction of sp³-hybridized carbons (Fsp3) is 0.200. The number of H-pyrrole nitrogens is 1. The van der Waals surface area contributed by atoms with Crippen LogP contribution >= 0.6 is 11.6 Å². The Hall–Kier alpha value is -3.44.